The smallest absolute Gasteiger partial charge is 0.338 e. The number of hydrazine groups is 1. The minimum absolute atomic E-state index is 0.386. The maximum atomic E-state index is 12.0. The minimum Gasteiger partial charge on any atom is -0.495 e. The van der Waals surface area contributed by atoms with E-state index in [4.69, 9.17) is 16.3 Å². The zero-order chi connectivity index (χ0) is 18.4. The molecular formula is C17H19ClN4O3. The van der Waals surface area contributed by atoms with Crippen LogP contribution in [0.4, 0.5) is 16.2 Å². The molecule has 2 aromatic carbocycles. The zero-order valence-electron chi connectivity index (χ0n) is 14.1. The van der Waals surface area contributed by atoms with Crippen LogP contribution in [-0.4, -0.2) is 33.1 Å². The molecule has 0 aliphatic carbocycles. The van der Waals surface area contributed by atoms with Crippen LogP contribution >= 0.6 is 11.6 Å². The van der Waals surface area contributed by atoms with Crippen molar-refractivity contribution in [1.82, 2.24) is 10.9 Å². The van der Waals surface area contributed by atoms with Crippen molar-refractivity contribution in [3.05, 3.63) is 53.1 Å². The van der Waals surface area contributed by atoms with Gasteiger partial charge in [0, 0.05) is 30.4 Å². The first kappa shape index (κ1) is 18.4. The highest BCUT2D eigenvalue weighted by Gasteiger charge is 2.10. The molecule has 0 fully saturated rings. The fourth-order valence-electron chi connectivity index (χ4n) is 2.03. The van der Waals surface area contributed by atoms with Gasteiger partial charge in [0.25, 0.3) is 5.91 Å². The highest BCUT2D eigenvalue weighted by Crippen LogP contribution is 2.27. The number of hydrogen-bond acceptors (Lipinski definition) is 4. The number of carbonyl (C=O) groups excluding carboxylic acids is 2. The first-order valence-corrected chi connectivity index (χ1v) is 7.77. The summed E-state index contributed by atoms with van der Waals surface area (Å²) in [6, 6.07) is 11.2. The number of methoxy groups -OCH3 is 1. The molecule has 0 radical (unpaired) electrons. The van der Waals surface area contributed by atoms with Gasteiger partial charge in [-0.3, -0.25) is 10.2 Å². The van der Waals surface area contributed by atoms with E-state index in [9.17, 15) is 9.59 Å². The Morgan fingerprint density at radius 2 is 1.72 bits per heavy atom. The summed E-state index contributed by atoms with van der Waals surface area (Å²) >= 11 is 5.90. The first-order valence-electron chi connectivity index (χ1n) is 7.39. The van der Waals surface area contributed by atoms with Gasteiger partial charge in [-0.25, -0.2) is 10.2 Å². The van der Waals surface area contributed by atoms with E-state index in [1.165, 1.54) is 7.11 Å². The SMILES string of the molecule is COc1ccc(Cl)cc1NC(=O)NNC(=O)c1ccc(N(C)C)cc1. The number of benzene rings is 2. The van der Waals surface area contributed by atoms with Crippen molar-refractivity contribution in [1.29, 1.82) is 0 Å². The van der Waals surface area contributed by atoms with Gasteiger partial charge in [-0.05, 0) is 42.5 Å². The van der Waals surface area contributed by atoms with E-state index in [0.29, 0.717) is 22.0 Å². The molecule has 8 heteroatoms. The molecule has 0 heterocycles. The lowest BCUT2D eigenvalue weighted by atomic mass is 10.2. The summed E-state index contributed by atoms with van der Waals surface area (Å²) in [5.41, 5.74) is 6.39. The highest BCUT2D eigenvalue weighted by atomic mass is 35.5. The Bertz CT molecular complexity index is 763. The molecule has 0 aliphatic rings. The van der Waals surface area contributed by atoms with Crippen LogP contribution in [0.2, 0.25) is 5.02 Å². The number of nitrogens with one attached hydrogen (secondary N) is 3. The Labute approximate surface area is 150 Å². The average molecular weight is 363 g/mol. The highest BCUT2D eigenvalue weighted by molar-refractivity contribution is 6.31. The van der Waals surface area contributed by atoms with Gasteiger partial charge < -0.3 is 15.0 Å². The van der Waals surface area contributed by atoms with E-state index in [2.05, 4.69) is 16.2 Å². The number of anilines is 2. The van der Waals surface area contributed by atoms with E-state index < -0.39 is 11.9 Å². The Kier molecular flexibility index (Phi) is 6.08. The quantitative estimate of drug-likeness (QED) is 0.730. The summed E-state index contributed by atoms with van der Waals surface area (Å²) < 4.78 is 5.13. The fraction of sp³-hybridized carbons (Fsp3) is 0.176. The van der Waals surface area contributed by atoms with Crippen LogP contribution in [0.5, 0.6) is 5.75 Å². The predicted octanol–water partition coefficient (Wildman–Crippen LogP) is 2.88. The lowest BCUT2D eigenvalue weighted by Gasteiger charge is -2.13. The zero-order valence-corrected chi connectivity index (χ0v) is 14.8. The van der Waals surface area contributed by atoms with Crippen LogP contribution in [0.15, 0.2) is 42.5 Å². The molecule has 0 aliphatic heterocycles. The summed E-state index contributed by atoms with van der Waals surface area (Å²) in [5.74, 6) is 0.0173. The van der Waals surface area contributed by atoms with Gasteiger partial charge in [0.2, 0.25) is 0 Å². The van der Waals surface area contributed by atoms with Crippen molar-refractivity contribution in [2.75, 3.05) is 31.4 Å². The van der Waals surface area contributed by atoms with E-state index in [0.717, 1.165) is 5.69 Å². The molecule has 2 aromatic rings. The third-order valence-corrected chi connectivity index (χ3v) is 3.58. The molecule has 0 aromatic heterocycles. The molecule has 0 saturated carbocycles. The number of halogens is 1. The fourth-order valence-corrected chi connectivity index (χ4v) is 2.20. The van der Waals surface area contributed by atoms with Gasteiger partial charge >= 0.3 is 6.03 Å². The van der Waals surface area contributed by atoms with Crippen molar-refractivity contribution in [2.45, 2.75) is 0 Å². The molecule has 7 nitrogen and oxygen atoms in total. The second-order valence-corrected chi connectivity index (χ2v) is 5.76. The summed E-state index contributed by atoms with van der Waals surface area (Å²) in [4.78, 5) is 25.9. The molecule has 0 bridgehead atoms. The van der Waals surface area contributed by atoms with Crippen LogP contribution in [0.1, 0.15) is 10.4 Å². The van der Waals surface area contributed by atoms with Crippen LogP contribution in [0.3, 0.4) is 0 Å². The number of amides is 3. The molecule has 0 spiro atoms. The molecule has 0 atom stereocenters. The van der Waals surface area contributed by atoms with Crippen molar-refractivity contribution in [2.24, 2.45) is 0 Å². The normalized spacial score (nSPS) is 9.92. The van der Waals surface area contributed by atoms with E-state index >= 15 is 0 Å². The lowest BCUT2D eigenvalue weighted by Crippen LogP contribution is -2.43. The summed E-state index contributed by atoms with van der Waals surface area (Å²) in [6.45, 7) is 0. The van der Waals surface area contributed by atoms with Crippen molar-refractivity contribution in [3.8, 4) is 5.75 Å². The lowest BCUT2D eigenvalue weighted by molar-refractivity contribution is 0.0938. The third-order valence-electron chi connectivity index (χ3n) is 3.35. The molecule has 0 saturated heterocycles. The molecule has 0 unspecified atom stereocenters. The Morgan fingerprint density at radius 3 is 2.32 bits per heavy atom. The van der Waals surface area contributed by atoms with E-state index in [1.54, 1.807) is 30.3 Å². The molecular weight excluding hydrogens is 344 g/mol. The number of rotatable bonds is 4. The minimum atomic E-state index is -0.626. The maximum absolute atomic E-state index is 12.0. The van der Waals surface area contributed by atoms with E-state index in [1.807, 2.05) is 31.1 Å². The summed E-state index contributed by atoms with van der Waals surface area (Å²) in [7, 11) is 5.29. The predicted molar refractivity (Wildman–Crippen MR) is 98.4 cm³/mol. The van der Waals surface area contributed by atoms with Gasteiger partial charge in [-0.1, -0.05) is 11.6 Å². The Balaban J connectivity index is 1.93. The Hall–Kier alpha value is -2.93. The average Bonchev–Trinajstić information content (AvgIpc) is 2.60. The summed E-state index contributed by atoms with van der Waals surface area (Å²) in [5, 5.41) is 3.00. The number of ether oxygens (including phenoxy) is 1. The molecule has 132 valence electrons. The van der Waals surface area contributed by atoms with Gasteiger partial charge in [0.1, 0.15) is 5.75 Å². The standard InChI is InChI=1S/C17H19ClN4O3/c1-22(2)13-7-4-11(5-8-13)16(23)20-21-17(24)19-14-10-12(18)6-9-15(14)25-3/h4-10H,1-3H3,(H,20,23)(H2,19,21,24). The third kappa shape index (κ3) is 5.02. The topological polar surface area (TPSA) is 82.7 Å². The monoisotopic (exact) mass is 362 g/mol. The van der Waals surface area contributed by atoms with Gasteiger partial charge in [-0.15, -0.1) is 0 Å². The van der Waals surface area contributed by atoms with Crippen LogP contribution in [-0.2, 0) is 0 Å². The number of urea groups is 1. The van der Waals surface area contributed by atoms with Gasteiger partial charge in [-0.2, -0.15) is 0 Å². The summed E-state index contributed by atoms with van der Waals surface area (Å²) in [6.07, 6.45) is 0. The second-order valence-electron chi connectivity index (χ2n) is 5.32. The first-order chi connectivity index (χ1) is 11.9. The number of hydrogen-bond donors (Lipinski definition) is 3. The number of nitrogens with zero attached hydrogens (tertiary/aromatic N) is 1. The van der Waals surface area contributed by atoms with Crippen LogP contribution < -0.4 is 25.8 Å². The maximum Gasteiger partial charge on any atom is 0.338 e. The van der Waals surface area contributed by atoms with Crippen molar-refractivity contribution >= 4 is 34.9 Å². The molecule has 2 rings (SSSR count). The molecule has 3 N–H and O–H groups in total. The van der Waals surface area contributed by atoms with Gasteiger partial charge in [0.05, 0.1) is 12.8 Å². The Morgan fingerprint density at radius 1 is 1.04 bits per heavy atom. The second kappa shape index (κ2) is 8.25. The van der Waals surface area contributed by atoms with Crippen molar-refractivity contribution < 1.29 is 14.3 Å². The van der Waals surface area contributed by atoms with Crippen LogP contribution in [0, 0.1) is 0 Å². The largest absolute Gasteiger partial charge is 0.495 e. The molecule has 25 heavy (non-hydrogen) atoms. The molecule has 3 amide bonds. The van der Waals surface area contributed by atoms with Crippen molar-refractivity contribution in [3.63, 3.8) is 0 Å². The van der Waals surface area contributed by atoms with Crippen LogP contribution in [0.25, 0.3) is 0 Å². The number of carbonyl (C=O) groups is 2. The van der Waals surface area contributed by atoms with E-state index in [-0.39, 0.29) is 0 Å². The van der Waals surface area contributed by atoms with Gasteiger partial charge in [0.15, 0.2) is 0 Å².